The molecule has 0 saturated heterocycles. The molecule has 1 aliphatic carbocycles. The smallest absolute Gasteiger partial charge is 0.263 e. The minimum absolute atomic E-state index is 0.0152. The first-order chi connectivity index (χ1) is 18.8. The van der Waals surface area contributed by atoms with Gasteiger partial charge in [-0.1, -0.05) is 23.7 Å². The lowest BCUT2D eigenvalue weighted by Gasteiger charge is -2.26. The minimum Gasteiger partial charge on any atom is -0.452 e. The maximum Gasteiger partial charge on any atom is 0.263 e. The van der Waals surface area contributed by atoms with Gasteiger partial charge in [0.15, 0.2) is 17.3 Å². The number of hydrogen-bond donors (Lipinski definition) is 3. The number of pyridine rings is 1. The normalized spacial score (nSPS) is 17.4. The van der Waals surface area contributed by atoms with Gasteiger partial charge in [0.05, 0.1) is 22.6 Å². The zero-order valence-electron chi connectivity index (χ0n) is 20.7. The molecule has 202 valence electrons. The van der Waals surface area contributed by atoms with Crippen LogP contribution in [0.5, 0.6) is 11.5 Å². The molecule has 2 aromatic carbocycles. The van der Waals surface area contributed by atoms with Gasteiger partial charge in [0, 0.05) is 36.1 Å². The van der Waals surface area contributed by atoms with Crippen LogP contribution in [0.1, 0.15) is 25.7 Å². The maximum absolute atomic E-state index is 15.0. The standard InChI is InChI=1S/C27H26ClFN6O3S/c28-21-3-1-2-4-26(21)39(36,37)35-19-9-10-24(22(29)15-19)38-25-16-31-13-11-20(25)23-12-14-32-27(34-23)33-18-7-5-17(30)6-8-18/h1-4,9-18,35H,5-8,30H2,(H,32,33,34). The Hall–Kier alpha value is -3.80. The van der Waals surface area contributed by atoms with Gasteiger partial charge in [0.2, 0.25) is 5.95 Å². The molecular formula is C27H26ClFN6O3S. The van der Waals surface area contributed by atoms with Crippen LogP contribution < -0.4 is 20.5 Å². The van der Waals surface area contributed by atoms with Crippen molar-refractivity contribution in [3.05, 3.63) is 84.0 Å². The number of nitrogens with zero attached hydrogens (tertiary/aromatic N) is 3. The molecular weight excluding hydrogens is 543 g/mol. The molecule has 0 bridgehead atoms. The van der Waals surface area contributed by atoms with Gasteiger partial charge >= 0.3 is 0 Å². The lowest BCUT2D eigenvalue weighted by molar-refractivity contribution is 0.410. The molecule has 2 aromatic heterocycles. The van der Waals surface area contributed by atoms with Gasteiger partial charge in [0.25, 0.3) is 10.0 Å². The number of nitrogens with two attached hydrogens (primary N) is 1. The van der Waals surface area contributed by atoms with E-state index in [0.717, 1.165) is 31.7 Å². The van der Waals surface area contributed by atoms with E-state index < -0.39 is 15.8 Å². The summed E-state index contributed by atoms with van der Waals surface area (Å²) in [5.74, 6) is -0.133. The second-order valence-corrected chi connectivity index (χ2v) is 11.2. The molecule has 4 N–H and O–H groups in total. The highest BCUT2D eigenvalue weighted by molar-refractivity contribution is 7.92. The monoisotopic (exact) mass is 568 g/mol. The molecule has 1 fully saturated rings. The van der Waals surface area contributed by atoms with E-state index in [2.05, 4.69) is 25.0 Å². The van der Waals surface area contributed by atoms with E-state index >= 15 is 4.39 Å². The zero-order chi connectivity index (χ0) is 27.4. The Bertz CT molecular complexity index is 1580. The van der Waals surface area contributed by atoms with E-state index in [1.54, 1.807) is 36.7 Å². The largest absolute Gasteiger partial charge is 0.452 e. The number of halogens is 2. The van der Waals surface area contributed by atoms with Gasteiger partial charge in [-0.15, -0.1) is 0 Å². The van der Waals surface area contributed by atoms with Crippen molar-refractivity contribution < 1.29 is 17.5 Å². The zero-order valence-corrected chi connectivity index (χ0v) is 22.3. The fourth-order valence-electron chi connectivity index (χ4n) is 4.34. The highest BCUT2D eigenvalue weighted by Crippen LogP contribution is 2.34. The first-order valence-corrected chi connectivity index (χ1v) is 14.2. The van der Waals surface area contributed by atoms with Crippen LogP contribution in [0.25, 0.3) is 11.3 Å². The Balaban J connectivity index is 1.34. The summed E-state index contributed by atoms with van der Waals surface area (Å²) in [7, 11) is -4.02. The first-order valence-electron chi connectivity index (χ1n) is 12.3. The van der Waals surface area contributed by atoms with Gasteiger partial charge in [-0.3, -0.25) is 9.71 Å². The predicted octanol–water partition coefficient (Wildman–Crippen LogP) is 5.61. The fourth-order valence-corrected chi connectivity index (χ4v) is 5.91. The average molecular weight is 569 g/mol. The van der Waals surface area contributed by atoms with Gasteiger partial charge in [-0.2, -0.15) is 0 Å². The summed E-state index contributed by atoms with van der Waals surface area (Å²) in [6.45, 7) is 0. The predicted molar refractivity (Wildman–Crippen MR) is 148 cm³/mol. The summed E-state index contributed by atoms with van der Waals surface area (Å²) in [6.07, 6.45) is 8.48. The molecule has 2 heterocycles. The summed E-state index contributed by atoms with van der Waals surface area (Å²) in [5, 5.41) is 3.43. The molecule has 12 heteroatoms. The molecule has 0 atom stereocenters. The molecule has 39 heavy (non-hydrogen) atoms. The van der Waals surface area contributed by atoms with Crippen molar-refractivity contribution >= 4 is 33.3 Å². The van der Waals surface area contributed by atoms with E-state index in [4.69, 9.17) is 22.1 Å². The van der Waals surface area contributed by atoms with E-state index in [1.165, 1.54) is 30.5 Å². The van der Waals surface area contributed by atoms with Crippen molar-refractivity contribution in [3.8, 4) is 22.8 Å². The molecule has 1 aliphatic rings. The van der Waals surface area contributed by atoms with Crippen molar-refractivity contribution in [1.29, 1.82) is 0 Å². The highest BCUT2D eigenvalue weighted by Gasteiger charge is 2.21. The van der Waals surface area contributed by atoms with Crippen molar-refractivity contribution in [2.24, 2.45) is 5.73 Å². The van der Waals surface area contributed by atoms with Crippen molar-refractivity contribution in [1.82, 2.24) is 15.0 Å². The first kappa shape index (κ1) is 26.8. The number of benzene rings is 2. The third kappa shape index (κ3) is 6.44. The van der Waals surface area contributed by atoms with E-state index in [0.29, 0.717) is 17.2 Å². The highest BCUT2D eigenvalue weighted by atomic mass is 35.5. The molecule has 0 radical (unpaired) electrons. The summed E-state index contributed by atoms with van der Waals surface area (Å²) in [4.78, 5) is 13.0. The molecule has 0 unspecified atom stereocenters. The van der Waals surface area contributed by atoms with Gasteiger partial charge < -0.3 is 15.8 Å². The van der Waals surface area contributed by atoms with E-state index in [-0.39, 0.29) is 39.2 Å². The number of aromatic nitrogens is 3. The molecule has 4 aromatic rings. The van der Waals surface area contributed by atoms with Gasteiger partial charge in [-0.25, -0.2) is 22.8 Å². The summed E-state index contributed by atoms with van der Waals surface area (Å²) >= 11 is 6.01. The number of hydrogen-bond acceptors (Lipinski definition) is 8. The van der Waals surface area contributed by atoms with Crippen molar-refractivity contribution in [2.75, 3.05) is 10.0 Å². The third-order valence-electron chi connectivity index (χ3n) is 6.35. The summed E-state index contributed by atoms with van der Waals surface area (Å²) in [5.41, 5.74) is 7.18. The Morgan fingerprint density at radius 3 is 2.56 bits per heavy atom. The minimum atomic E-state index is -4.02. The fraction of sp³-hybridized carbons (Fsp3) is 0.222. The number of sulfonamides is 1. The average Bonchev–Trinajstić information content (AvgIpc) is 2.92. The summed E-state index contributed by atoms with van der Waals surface area (Å²) < 4.78 is 48.6. The van der Waals surface area contributed by atoms with Crippen LogP contribution in [-0.4, -0.2) is 35.5 Å². The molecule has 1 saturated carbocycles. The Kier molecular flexibility index (Phi) is 7.92. The Labute approximate surface area is 230 Å². The lowest BCUT2D eigenvalue weighted by Crippen LogP contribution is -2.33. The second kappa shape index (κ2) is 11.5. The topological polar surface area (TPSA) is 132 Å². The van der Waals surface area contributed by atoms with Crippen LogP contribution in [0.15, 0.2) is 78.1 Å². The van der Waals surface area contributed by atoms with E-state index in [9.17, 15) is 8.42 Å². The molecule has 0 amide bonds. The molecule has 0 spiro atoms. The van der Waals surface area contributed by atoms with Crippen LogP contribution in [-0.2, 0) is 10.0 Å². The lowest BCUT2D eigenvalue weighted by atomic mass is 9.92. The number of nitrogens with one attached hydrogen (secondary N) is 2. The Morgan fingerprint density at radius 2 is 1.79 bits per heavy atom. The van der Waals surface area contributed by atoms with Crippen molar-refractivity contribution in [3.63, 3.8) is 0 Å². The van der Waals surface area contributed by atoms with Crippen LogP contribution in [0, 0.1) is 5.82 Å². The number of ether oxygens (including phenoxy) is 1. The SMILES string of the molecule is NC1CCC(Nc2nccc(-c3ccncc3Oc3ccc(NS(=O)(=O)c4ccccc4Cl)cc3F)n2)CC1. The molecule has 0 aliphatic heterocycles. The second-order valence-electron chi connectivity index (χ2n) is 9.18. The van der Waals surface area contributed by atoms with Crippen LogP contribution >= 0.6 is 11.6 Å². The van der Waals surface area contributed by atoms with E-state index in [1.807, 2.05) is 0 Å². The third-order valence-corrected chi connectivity index (χ3v) is 8.23. The van der Waals surface area contributed by atoms with Crippen LogP contribution in [0.3, 0.4) is 0 Å². The maximum atomic E-state index is 15.0. The molecule has 9 nitrogen and oxygen atoms in total. The quantitative estimate of drug-likeness (QED) is 0.250. The van der Waals surface area contributed by atoms with Crippen LogP contribution in [0.4, 0.5) is 16.0 Å². The Morgan fingerprint density at radius 1 is 1.00 bits per heavy atom. The molecule has 5 rings (SSSR count). The van der Waals surface area contributed by atoms with Gasteiger partial charge in [0.1, 0.15) is 4.90 Å². The number of anilines is 2. The summed E-state index contributed by atoms with van der Waals surface area (Å²) in [6, 6.07) is 13.7. The van der Waals surface area contributed by atoms with Crippen LogP contribution in [0.2, 0.25) is 5.02 Å². The van der Waals surface area contributed by atoms with Gasteiger partial charge in [-0.05, 0) is 62.1 Å². The van der Waals surface area contributed by atoms with Crippen molar-refractivity contribution in [2.45, 2.75) is 42.7 Å². The number of rotatable bonds is 8.